The number of ether oxygens (including phenoxy) is 1. The first-order valence-corrected chi connectivity index (χ1v) is 5.31. The molecule has 0 aliphatic heterocycles. The summed E-state index contributed by atoms with van der Waals surface area (Å²) in [7, 11) is 1.45. The van der Waals surface area contributed by atoms with Crippen LogP contribution in [0.4, 0.5) is 8.78 Å². The van der Waals surface area contributed by atoms with Gasteiger partial charge in [-0.25, -0.2) is 9.37 Å². The molecule has 1 heterocycles. The molecule has 0 radical (unpaired) electrons. The first kappa shape index (κ1) is 14.5. The Morgan fingerprint density at radius 1 is 1.50 bits per heavy atom. The number of rotatable bonds is 6. The van der Waals surface area contributed by atoms with E-state index < -0.39 is 23.2 Å². The summed E-state index contributed by atoms with van der Waals surface area (Å²) < 4.78 is 31.1. The van der Waals surface area contributed by atoms with Crippen LogP contribution in [0.2, 0.25) is 0 Å². The molecule has 0 aliphatic carbocycles. The Morgan fingerprint density at radius 2 is 2.22 bits per heavy atom. The minimum atomic E-state index is -1.32. The number of halogens is 2. The van der Waals surface area contributed by atoms with Gasteiger partial charge in [-0.05, 0) is 6.07 Å². The third-order valence-corrected chi connectivity index (χ3v) is 2.30. The standard InChI is InChI=1S/C11H14F2N2O3/c1-18-7-5-15(4-6-16)11(17)8-2-3-14-10(13)9(8)12/h2-3,16H,4-7H2,1H3. The minimum absolute atomic E-state index is 0.0194. The van der Waals surface area contributed by atoms with Gasteiger partial charge in [-0.1, -0.05) is 0 Å². The lowest BCUT2D eigenvalue weighted by molar-refractivity contribution is 0.0650. The largest absolute Gasteiger partial charge is 0.395 e. The van der Waals surface area contributed by atoms with Gasteiger partial charge in [-0.15, -0.1) is 0 Å². The average Bonchev–Trinajstić information content (AvgIpc) is 2.37. The van der Waals surface area contributed by atoms with Crippen LogP contribution in [0.15, 0.2) is 12.3 Å². The highest BCUT2D eigenvalue weighted by atomic mass is 19.2. The zero-order chi connectivity index (χ0) is 13.5. The number of methoxy groups -OCH3 is 1. The molecule has 0 unspecified atom stereocenters. The molecule has 18 heavy (non-hydrogen) atoms. The van der Waals surface area contributed by atoms with Crippen molar-refractivity contribution in [1.82, 2.24) is 9.88 Å². The number of aromatic nitrogens is 1. The molecule has 0 spiro atoms. The summed E-state index contributed by atoms with van der Waals surface area (Å²) in [6, 6.07) is 1.10. The van der Waals surface area contributed by atoms with Crippen molar-refractivity contribution >= 4 is 5.91 Å². The molecule has 1 aromatic rings. The summed E-state index contributed by atoms with van der Waals surface area (Å²) in [5, 5.41) is 8.84. The molecule has 100 valence electrons. The number of aliphatic hydroxyl groups is 1. The third-order valence-electron chi connectivity index (χ3n) is 2.30. The Labute approximate surface area is 103 Å². The fourth-order valence-electron chi connectivity index (χ4n) is 1.39. The highest BCUT2D eigenvalue weighted by Gasteiger charge is 2.21. The quantitative estimate of drug-likeness (QED) is 0.754. The number of carbonyl (C=O) groups excluding carboxylic acids is 1. The maximum absolute atomic E-state index is 13.4. The van der Waals surface area contributed by atoms with E-state index in [-0.39, 0.29) is 26.3 Å². The second kappa shape index (κ2) is 6.97. The van der Waals surface area contributed by atoms with E-state index >= 15 is 0 Å². The number of carbonyl (C=O) groups is 1. The second-order valence-corrected chi connectivity index (χ2v) is 3.47. The molecule has 0 aliphatic rings. The lowest BCUT2D eigenvalue weighted by atomic mass is 10.2. The molecule has 0 saturated carbocycles. The molecular formula is C11H14F2N2O3. The fraction of sp³-hybridized carbons (Fsp3) is 0.455. The van der Waals surface area contributed by atoms with E-state index in [0.29, 0.717) is 0 Å². The first-order chi connectivity index (χ1) is 8.61. The summed E-state index contributed by atoms with van der Waals surface area (Å²) in [4.78, 5) is 16.2. The van der Waals surface area contributed by atoms with E-state index in [9.17, 15) is 13.6 Å². The van der Waals surface area contributed by atoms with E-state index in [1.807, 2.05) is 0 Å². The van der Waals surface area contributed by atoms with Crippen molar-refractivity contribution in [3.8, 4) is 0 Å². The molecule has 1 rings (SSSR count). The van der Waals surface area contributed by atoms with Gasteiger partial charge in [0.15, 0.2) is 5.82 Å². The summed E-state index contributed by atoms with van der Waals surface area (Å²) in [6.07, 6.45) is 1.01. The van der Waals surface area contributed by atoms with Gasteiger partial charge >= 0.3 is 0 Å². The van der Waals surface area contributed by atoms with E-state index in [2.05, 4.69) is 4.98 Å². The molecule has 5 nitrogen and oxygen atoms in total. The number of pyridine rings is 1. The molecule has 1 amide bonds. The molecule has 1 aromatic heterocycles. The van der Waals surface area contributed by atoms with Crippen molar-refractivity contribution in [2.24, 2.45) is 0 Å². The van der Waals surface area contributed by atoms with Crippen molar-refractivity contribution < 1.29 is 23.4 Å². The lowest BCUT2D eigenvalue weighted by Gasteiger charge is -2.21. The zero-order valence-corrected chi connectivity index (χ0v) is 9.90. The Hall–Kier alpha value is -1.60. The Balaban J connectivity index is 2.90. The number of hydrogen-bond donors (Lipinski definition) is 1. The van der Waals surface area contributed by atoms with Crippen LogP contribution < -0.4 is 0 Å². The monoisotopic (exact) mass is 260 g/mol. The van der Waals surface area contributed by atoms with Crippen LogP contribution in [0.1, 0.15) is 10.4 Å². The van der Waals surface area contributed by atoms with Gasteiger partial charge in [0.1, 0.15) is 0 Å². The number of nitrogens with zero attached hydrogens (tertiary/aromatic N) is 2. The smallest absolute Gasteiger partial charge is 0.257 e. The van der Waals surface area contributed by atoms with Gasteiger partial charge in [0.05, 0.1) is 18.8 Å². The Morgan fingerprint density at radius 3 is 2.83 bits per heavy atom. The number of amides is 1. The maximum Gasteiger partial charge on any atom is 0.257 e. The summed E-state index contributed by atoms with van der Waals surface area (Å²) >= 11 is 0. The molecule has 0 saturated heterocycles. The van der Waals surface area contributed by atoms with Crippen LogP contribution in [0.5, 0.6) is 0 Å². The van der Waals surface area contributed by atoms with Crippen LogP contribution in [-0.4, -0.2) is 54.3 Å². The van der Waals surface area contributed by atoms with Crippen molar-refractivity contribution in [2.75, 3.05) is 33.4 Å². The van der Waals surface area contributed by atoms with Crippen LogP contribution >= 0.6 is 0 Å². The van der Waals surface area contributed by atoms with Crippen LogP contribution in [0.25, 0.3) is 0 Å². The molecule has 0 bridgehead atoms. The van der Waals surface area contributed by atoms with Crippen molar-refractivity contribution in [3.05, 3.63) is 29.6 Å². The predicted octanol–water partition coefficient (Wildman–Crippen LogP) is 0.441. The predicted molar refractivity (Wildman–Crippen MR) is 59.0 cm³/mol. The van der Waals surface area contributed by atoms with Gasteiger partial charge in [-0.3, -0.25) is 4.79 Å². The zero-order valence-electron chi connectivity index (χ0n) is 9.90. The minimum Gasteiger partial charge on any atom is -0.395 e. The Bertz CT molecular complexity index is 415. The maximum atomic E-state index is 13.4. The molecule has 7 heteroatoms. The molecular weight excluding hydrogens is 246 g/mol. The summed E-state index contributed by atoms with van der Waals surface area (Å²) in [5.74, 6) is -3.32. The van der Waals surface area contributed by atoms with E-state index in [1.54, 1.807) is 0 Å². The fourth-order valence-corrected chi connectivity index (χ4v) is 1.39. The van der Waals surface area contributed by atoms with Crippen LogP contribution in [0, 0.1) is 11.8 Å². The third kappa shape index (κ3) is 3.44. The highest BCUT2D eigenvalue weighted by Crippen LogP contribution is 2.11. The van der Waals surface area contributed by atoms with E-state index in [0.717, 1.165) is 12.3 Å². The van der Waals surface area contributed by atoms with Gasteiger partial charge in [-0.2, -0.15) is 4.39 Å². The molecule has 0 aromatic carbocycles. The van der Waals surface area contributed by atoms with Gasteiger partial charge in [0.25, 0.3) is 5.91 Å². The van der Waals surface area contributed by atoms with Crippen molar-refractivity contribution in [3.63, 3.8) is 0 Å². The topological polar surface area (TPSA) is 62.7 Å². The van der Waals surface area contributed by atoms with Crippen LogP contribution in [-0.2, 0) is 4.74 Å². The number of hydrogen-bond acceptors (Lipinski definition) is 4. The van der Waals surface area contributed by atoms with Gasteiger partial charge in [0, 0.05) is 26.4 Å². The first-order valence-electron chi connectivity index (χ1n) is 5.31. The average molecular weight is 260 g/mol. The molecule has 0 atom stereocenters. The van der Waals surface area contributed by atoms with Crippen molar-refractivity contribution in [1.29, 1.82) is 0 Å². The normalized spacial score (nSPS) is 10.4. The molecule has 1 N–H and O–H groups in total. The Kier molecular flexibility index (Phi) is 5.60. The summed E-state index contributed by atoms with van der Waals surface area (Å²) in [6.45, 7) is 0.163. The summed E-state index contributed by atoms with van der Waals surface area (Å²) in [5.41, 5.74) is -0.410. The van der Waals surface area contributed by atoms with Crippen molar-refractivity contribution in [2.45, 2.75) is 0 Å². The second-order valence-electron chi connectivity index (χ2n) is 3.47. The van der Waals surface area contributed by atoms with Crippen LogP contribution in [0.3, 0.4) is 0 Å². The van der Waals surface area contributed by atoms with E-state index in [4.69, 9.17) is 9.84 Å². The van der Waals surface area contributed by atoms with E-state index in [1.165, 1.54) is 12.0 Å². The highest BCUT2D eigenvalue weighted by molar-refractivity contribution is 5.94. The SMILES string of the molecule is COCCN(CCO)C(=O)c1ccnc(F)c1F. The van der Waals surface area contributed by atoms with Gasteiger partial charge in [0.2, 0.25) is 5.95 Å². The van der Waals surface area contributed by atoms with Gasteiger partial charge < -0.3 is 14.7 Å². The molecule has 0 fully saturated rings. The lowest BCUT2D eigenvalue weighted by Crippen LogP contribution is -2.36. The number of aliphatic hydroxyl groups excluding tert-OH is 1.